The number of hydrogen-bond acceptors (Lipinski definition) is 5. The van der Waals surface area contributed by atoms with Crippen LogP contribution in [0.25, 0.3) is 0 Å². The van der Waals surface area contributed by atoms with E-state index in [9.17, 15) is 16.8 Å². The van der Waals surface area contributed by atoms with Gasteiger partial charge in [0.1, 0.15) is 5.82 Å². The number of sulfonamides is 2. The Labute approximate surface area is 143 Å². The van der Waals surface area contributed by atoms with Gasteiger partial charge in [0.2, 0.25) is 20.0 Å². The topological polar surface area (TPSA) is 105 Å². The zero-order chi connectivity index (χ0) is 16.9. The van der Waals surface area contributed by atoms with E-state index in [0.717, 1.165) is 0 Å². The Morgan fingerprint density at radius 2 is 1.83 bits per heavy atom. The van der Waals surface area contributed by atoms with Crippen LogP contribution in [0, 0.1) is 0 Å². The zero-order valence-electron chi connectivity index (χ0n) is 11.8. The third-order valence-electron chi connectivity index (χ3n) is 2.69. The summed E-state index contributed by atoms with van der Waals surface area (Å²) in [5.41, 5.74) is 0. The number of hydrogen-bond donors (Lipinski definition) is 2. The van der Waals surface area contributed by atoms with Gasteiger partial charge in [-0.2, -0.15) is 0 Å². The van der Waals surface area contributed by atoms with Crippen molar-refractivity contribution in [2.45, 2.75) is 4.90 Å². The van der Waals surface area contributed by atoms with Crippen molar-refractivity contribution >= 4 is 41.8 Å². The predicted molar refractivity (Wildman–Crippen MR) is 91.0 cm³/mol. The second kappa shape index (κ2) is 7.39. The van der Waals surface area contributed by atoms with Crippen molar-refractivity contribution in [2.24, 2.45) is 0 Å². The highest BCUT2D eigenvalue weighted by atomic mass is 79.9. The van der Waals surface area contributed by atoms with Gasteiger partial charge >= 0.3 is 0 Å². The second-order valence-corrected chi connectivity index (χ2v) is 9.02. The minimum atomic E-state index is -3.77. The van der Waals surface area contributed by atoms with Crippen LogP contribution >= 0.6 is 15.9 Å². The zero-order valence-corrected chi connectivity index (χ0v) is 15.0. The van der Waals surface area contributed by atoms with Gasteiger partial charge in [-0.15, -0.1) is 0 Å². The van der Waals surface area contributed by atoms with Gasteiger partial charge in [-0.05, 0) is 30.3 Å². The summed E-state index contributed by atoms with van der Waals surface area (Å²) < 4.78 is 53.0. The van der Waals surface area contributed by atoms with E-state index < -0.39 is 25.8 Å². The average molecular weight is 420 g/mol. The molecule has 1 aromatic carbocycles. The van der Waals surface area contributed by atoms with Crippen molar-refractivity contribution in [1.29, 1.82) is 0 Å². The number of anilines is 1. The van der Waals surface area contributed by atoms with Crippen LogP contribution in [0.4, 0.5) is 5.82 Å². The van der Waals surface area contributed by atoms with Crippen molar-refractivity contribution in [3.05, 3.63) is 53.1 Å². The number of rotatable bonds is 7. The first-order chi connectivity index (χ1) is 10.8. The Balaban J connectivity index is 1.96. The highest BCUT2D eigenvalue weighted by Gasteiger charge is 2.16. The molecule has 0 spiro atoms. The largest absolute Gasteiger partial charge is 0.267 e. The quantitative estimate of drug-likeness (QED) is 0.708. The lowest BCUT2D eigenvalue weighted by Gasteiger charge is -2.09. The molecule has 1 heterocycles. The molecule has 2 aromatic rings. The molecule has 0 saturated heterocycles. The monoisotopic (exact) mass is 419 g/mol. The minimum absolute atomic E-state index is 0.0574. The van der Waals surface area contributed by atoms with E-state index >= 15 is 0 Å². The van der Waals surface area contributed by atoms with Crippen LogP contribution in [0.2, 0.25) is 0 Å². The van der Waals surface area contributed by atoms with E-state index in [-0.39, 0.29) is 17.3 Å². The molecule has 124 valence electrons. The Kier molecular flexibility index (Phi) is 5.74. The third kappa shape index (κ3) is 5.57. The van der Waals surface area contributed by atoms with Crippen LogP contribution in [0.1, 0.15) is 0 Å². The summed E-state index contributed by atoms with van der Waals surface area (Å²) in [6.07, 6.45) is 1.45. The fourth-order valence-corrected chi connectivity index (χ4v) is 4.33. The van der Waals surface area contributed by atoms with Gasteiger partial charge in [-0.25, -0.2) is 26.5 Å². The number of benzene rings is 1. The normalized spacial score (nSPS) is 12.0. The molecule has 0 unspecified atom stereocenters. The molecule has 0 fully saturated rings. The third-order valence-corrected chi connectivity index (χ3v) is 5.91. The SMILES string of the molecule is O=S(=O)(CCNS(=O)(=O)c1cccc(Br)c1)Nc1ccccn1. The molecular weight excluding hydrogens is 406 g/mol. The molecular formula is C13H14BrN3O4S2. The highest BCUT2D eigenvalue weighted by molar-refractivity contribution is 9.10. The summed E-state index contributed by atoms with van der Waals surface area (Å²) >= 11 is 3.19. The second-order valence-electron chi connectivity index (χ2n) is 4.49. The minimum Gasteiger partial charge on any atom is -0.267 e. The van der Waals surface area contributed by atoms with Crippen LogP contribution in [0.15, 0.2) is 58.0 Å². The molecule has 0 bridgehead atoms. The van der Waals surface area contributed by atoms with Crippen LogP contribution in [0.5, 0.6) is 0 Å². The van der Waals surface area contributed by atoms with E-state index in [1.807, 2.05) is 0 Å². The molecule has 0 aliphatic carbocycles. The number of nitrogens with one attached hydrogen (secondary N) is 2. The summed E-state index contributed by atoms with van der Waals surface area (Å²) in [5.74, 6) is -0.223. The van der Waals surface area contributed by atoms with Gasteiger partial charge in [0.25, 0.3) is 0 Å². The Bertz CT molecular complexity index is 871. The van der Waals surface area contributed by atoms with E-state index in [1.165, 1.54) is 24.4 Å². The molecule has 0 amide bonds. The molecule has 1 aromatic heterocycles. The first-order valence-corrected chi connectivity index (χ1v) is 10.4. The van der Waals surface area contributed by atoms with Crippen LogP contribution in [-0.2, 0) is 20.0 Å². The maximum absolute atomic E-state index is 12.1. The van der Waals surface area contributed by atoms with Gasteiger partial charge in [0.15, 0.2) is 0 Å². The fourth-order valence-electron chi connectivity index (χ4n) is 1.66. The lowest BCUT2D eigenvalue weighted by Crippen LogP contribution is -2.31. The van der Waals surface area contributed by atoms with Crippen LogP contribution < -0.4 is 9.44 Å². The lowest BCUT2D eigenvalue weighted by molar-refractivity contribution is 0.582. The Morgan fingerprint density at radius 3 is 2.48 bits per heavy atom. The van der Waals surface area contributed by atoms with Crippen molar-refractivity contribution in [2.75, 3.05) is 17.0 Å². The molecule has 23 heavy (non-hydrogen) atoms. The Morgan fingerprint density at radius 1 is 1.04 bits per heavy atom. The number of pyridine rings is 1. The summed E-state index contributed by atoms with van der Waals surface area (Å²) in [5, 5.41) is 0. The van der Waals surface area contributed by atoms with Crippen molar-refractivity contribution < 1.29 is 16.8 Å². The molecule has 10 heteroatoms. The number of aromatic nitrogens is 1. The van der Waals surface area contributed by atoms with Crippen molar-refractivity contribution in [3.8, 4) is 0 Å². The molecule has 0 aliphatic heterocycles. The highest BCUT2D eigenvalue weighted by Crippen LogP contribution is 2.15. The van der Waals surface area contributed by atoms with E-state index in [2.05, 4.69) is 30.4 Å². The number of nitrogens with zero attached hydrogens (tertiary/aromatic N) is 1. The predicted octanol–water partition coefficient (Wildman–Crippen LogP) is 1.56. The summed E-state index contributed by atoms with van der Waals surface area (Å²) in [6.45, 7) is -0.253. The van der Waals surface area contributed by atoms with Crippen LogP contribution in [0.3, 0.4) is 0 Å². The van der Waals surface area contributed by atoms with Crippen LogP contribution in [-0.4, -0.2) is 34.1 Å². The van der Waals surface area contributed by atoms with Gasteiger partial charge in [0.05, 0.1) is 10.6 Å². The molecule has 0 radical (unpaired) electrons. The van der Waals surface area contributed by atoms with E-state index in [0.29, 0.717) is 4.47 Å². The van der Waals surface area contributed by atoms with Gasteiger partial charge in [-0.1, -0.05) is 28.1 Å². The van der Waals surface area contributed by atoms with Gasteiger partial charge < -0.3 is 0 Å². The van der Waals surface area contributed by atoms with E-state index in [1.54, 1.807) is 24.3 Å². The first kappa shape index (κ1) is 17.9. The maximum Gasteiger partial charge on any atom is 0.240 e. The van der Waals surface area contributed by atoms with Crippen molar-refractivity contribution in [3.63, 3.8) is 0 Å². The molecule has 0 saturated carbocycles. The number of halogens is 1. The summed E-state index contributed by atoms with van der Waals surface area (Å²) in [4.78, 5) is 3.90. The average Bonchev–Trinajstić information content (AvgIpc) is 2.47. The van der Waals surface area contributed by atoms with Crippen molar-refractivity contribution in [1.82, 2.24) is 9.71 Å². The molecule has 0 aliphatic rings. The molecule has 0 atom stereocenters. The summed E-state index contributed by atoms with van der Waals surface area (Å²) in [7, 11) is -7.46. The molecule has 2 N–H and O–H groups in total. The molecule has 2 rings (SSSR count). The lowest BCUT2D eigenvalue weighted by atomic mass is 10.4. The maximum atomic E-state index is 12.1. The standard InChI is InChI=1S/C13H14BrN3O4S2/c14-11-4-3-5-12(10-11)23(20,21)16-8-9-22(18,19)17-13-6-1-2-7-15-13/h1-7,10,16H,8-9H2,(H,15,17). The summed E-state index contributed by atoms with van der Waals surface area (Å²) in [6, 6.07) is 10.9. The van der Waals surface area contributed by atoms with E-state index in [4.69, 9.17) is 0 Å². The molecule has 7 nitrogen and oxygen atoms in total. The fraction of sp³-hybridized carbons (Fsp3) is 0.154. The smallest absolute Gasteiger partial charge is 0.240 e. The van der Waals surface area contributed by atoms with Gasteiger partial charge in [-0.3, -0.25) is 4.72 Å². The Hall–Kier alpha value is -1.49. The first-order valence-electron chi connectivity index (χ1n) is 6.45. The van der Waals surface area contributed by atoms with Gasteiger partial charge in [0, 0.05) is 17.2 Å².